The highest BCUT2D eigenvalue weighted by atomic mass is 16.7. The smallest absolute Gasteiger partial charge is 0.183 e. The minimum Gasteiger partial charge on any atom is -0.387 e. The summed E-state index contributed by atoms with van der Waals surface area (Å²) in [6.45, 7) is 4.80. The van der Waals surface area contributed by atoms with E-state index in [0.29, 0.717) is 19.6 Å². The summed E-state index contributed by atoms with van der Waals surface area (Å²) in [5, 5.41) is 9.95. The van der Waals surface area contributed by atoms with Gasteiger partial charge < -0.3 is 14.6 Å². The number of hydrogen-bond acceptors (Lipinski definition) is 4. The number of hydrogen-bond donors (Lipinski definition) is 1. The van der Waals surface area contributed by atoms with Crippen LogP contribution in [0.25, 0.3) is 0 Å². The van der Waals surface area contributed by atoms with Gasteiger partial charge in [0.25, 0.3) is 0 Å². The first kappa shape index (κ1) is 13.1. The Morgan fingerprint density at radius 1 is 1.31 bits per heavy atom. The Morgan fingerprint density at radius 2 is 2.00 bits per heavy atom. The number of aliphatic hydroxyl groups excluding tert-OH is 1. The number of rotatable bonds is 7. The fourth-order valence-corrected chi connectivity index (χ4v) is 1.46. The molecule has 1 rings (SSSR count). The first-order valence-electron chi connectivity index (χ1n) is 5.58. The maximum absolute atomic E-state index is 9.95. The number of pyridine rings is 1. The zero-order valence-corrected chi connectivity index (χ0v) is 9.80. The molecule has 0 bridgehead atoms. The molecule has 16 heavy (non-hydrogen) atoms. The molecule has 1 N–H and O–H groups in total. The monoisotopic (exact) mass is 225 g/mol. The van der Waals surface area contributed by atoms with Gasteiger partial charge in [0.05, 0.1) is 0 Å². The van der Waals surface area contributed by atoms with E-state index in [4.69, 9.17) is 9.47 Å². The molecule has 0 spiro atoms. The molecular weight excluding hydrogens is 206 g/mol. The number of ether oxygens (including phenoxy) is 2. The highest BCUT2D eigenvalue weighted by molar-refractivity contribution is 5.09. The standard InChI is InChI=1S/C12H19NO3/c1-3-15-12(16-4-2)11(14)8-10-6-5-7-13-9-10/h5-7,9,11-12,14H,3-4,8H2,1-2H3. The fraction of sp³-hybridized carbons (Fsp3) is 0.583. The zero-order valence-electron chi connectivity index (χ0n) is 9.80. The second kappa shape index (κ2) is 7.33. The van der Waals surface area contributed by atoms with Crippen molar-refractivity contribution in [2.24, 2.45) is 0 Å². The van der Waals surface area contributed by atoms with Crippen LogP contribution in [-0.4, -0.2) is 35.7 Å². The van der Waals surface area contributed by atoms with Crippen molar-refractivity contribution < 1.29 is 14.6 Å². The lowest BCUT2D eigenvalue weighted by atomic mass is 10.1. The lowest BCUT2D eigenvalue weighted by Crippen LogP contribution is -2.33. The highest BCUT2D eigenvalue weighted by Gasteiger charge is 2.19. The van der Waals surface area contributed by atoms with Gasteiger partial charge >= 0.3 is 0 Å². The van der Waals surface area contributed by atoms with Crippen LogP contribution in [0.1, 0.15) is 19.4 Å². The predicted octanol–water partition coefficient (Wildman–Crippen LogP) is 1.38. The predicted molar refractivity (Wildman–Crippen MR) is 61.0 cm³/mol. The quantitative estimate of drug-likeness (QED) is 0.712. The third kappa shape index (κ3) is 4.26. The van der Waals surface area contributed by atoms with E-state index < -0.39 is 12.4 Å². The van der Waals surface area contributed by atoms with E-state index in [1.54, 1.807) is 12.4 Å². The van der Waals surface area contributed by atoms with Crippen molar-refractivity contribution in [1.82, 2.24) is 4.98 Å². The molecule has 1 atom stereocenters. The van der Waals surface area contributed by atoms with Gasteiger partial charge in [-0.3, -0.25) is 4.98 Å². The maximum atomic E-state index is 9.95. The Balaban J connectivity index is 2.51. The van der Waals surface area contributed by atoms with Crippen LogP contribution in [0.15, 0.2) is 24.5 Å². The third-order valence-electron chi connectivity index (χ3n) is 2.14. The molecule has 0 saturated heterocycles. The lowest BCUT2D eigenvalue weighted by Gasteiger charge is -2.22. The maximum Gasteiger partial charge on any atom is 0.183 e. The second-order valence-electron chi connectivity index (χ2n) is 3.41. The van der Waals surface area contributed by atoms with Crippen molar-refractivity contribution in [2.45, 2.75) is 32.7 Å². The topological polar surface area (TPSA) is 51.6 Å². The van der Waals surface area contributed by atoms with Gasteiger partial charge in [-0.2, -0.15) is 0 Å². The first-order valence-corrected chi connectivity index (χ1v) is 5.58. The number of aromatic nitrogens is 1. The number of nitrogens with zero attached hydrogens (tertiary/aromatic N) is 1. The molecule has 90 valence electrons. The molecule has 0 aliphatic rings. The summed E-state index contributed by atoms with van der Waals surface area (Å²) in [6, 6.07) is 3.77. The van der Waals surface area contributed by atoms with Crippen LogP contribution in [0.4, 0.5) is 0 Å². The van der Waals surface area contributed by atoms with Crippen LogP contribution in [-0.2, 0) is 15.9 Å². The Morgan fingerprint density at radius 3 is 2.50 bits per heavy atom. The second-order valence-corrected chi connectivity index (χ2v) is 3.41. The average molecular weight is 225 g/mol. The van der Waals surface area contributed by atoms with Crippen molar-refractivity contribution in [3.05, 3.63) is 30.1 Å². The molecule has 1 aromatic rings. The molecule has 0 aromatic carbocycles. The normalized spacial score (nSPS) is 13.0. The first-order chi connectivity index (χ1) is 7.77. The van der Waals surface area contributed by atoms with Crippen molar-refractivity contribution in [2.75, 3.05) is 13.2 Å². The van der Waals surface area contributed by atoms with Gasteiger partial charge in [0.1, 0.15) is 6.10 Å². The van der Waals surface area contributed by atoms with Crippen LogP contribution in [0.2, 0.25) is 0 Å². The van der Waals surface area contributed by atoms with E-state index >= 15 is 0 Å². The molecule has 1 aromatic heterocycles. The molecule has 1 unspecified atom stereocenters. The van der Waals surface area contributed by atoms with E-state index in [1.165, 1.54) is 0 Å². The molecule has 4 nitrogen and oxygen atoms in total. The summed E-state index contributed by atoms with van der Waals surface area (Å²) in [5.74, 6) is 0. The SMILES string of the molecule is CCOC(OCC)C(O)Cc1cccnc1. The van der Waals surface area contributed by atoms with Crippen molar-refractivity contribution in [3.63, 3.8) is 0 Å². The molecule has 1 heterocycles. The Labute approximate surface area is 96.2 Å². The van der Waals surface area contributed by atoms with E-state index in [-0.39, 0.29) is 0 Å². The molecule has 0 aliphatic heterocycles. The third-order valence-corrected chi connectivity index (χ3v) is 2.14. The molecule has 0 saturated carbocycles. The Hall–Kier alpha value is -0.970. The van der Waals surface area contributed by atoms with Crippen LogP contribution < -0.4 is 0 Å². The van der Waals surface area contributed by atoms with E-state index in [2.05, 4.69) is 4.98 Å². The van der Waals surface area contributed by atoms with Gasteiger partial charge in [0.15, 0.2) is 6.29 Å². The van der Waals surface area contributed by atoms with E-state index in [9.17, 15) is 5.11 Å². The summed E-state index contributed by atoms with van der Waals surface area (Å²) >= 11 is 0. The minimum atomic E-state index is -0.663. The van der Waals surface area contributed by atoms with Gasteiger partial charge in [0, 0.05) is 32.0 Å². The largest absolute Gasteiger partial charge is 0.387 e. The lowest BCUT2D eigenvalue weighted by molar-refractivity contribution is -0.188. The van der Waals surface area contributed by atoms with Gasteiger partial charge in [-0.1, -0.05) is 6.07 Å². The summed E-state index contributed by atoms with van der Waals surface area (Å²) in [7, 11) is 0. The van der Waals surface area contributed by atoms with E-state index in [1.807, 2.05) is 26.0 Å². The van der Waals surface area contributed by atoms with Crippen molar-refractivity contribution >= 4 is 0 Å². The Bertz CT molecular complexity index is 273. The van der Waals surface area contributed by atoms with Gasteiger partial charge in [-0.05, 0) is 25.5 Å². The highest BCUT2D eigenvalue weighted by Crippen LogP contribution is 2.09. The molecule has 0 fully saturated rings. The van der Waals surface area contributed by atoms with Crippen LogP contribution in [0.3, 0.4) is 0 Å². The van der Waals surface area contributed by atoms with Crippen LogP contribution in [0, 0.1) is 0 Å². The van der Waals surface area contributed by atoms with Crippen molar-refractivity contribution in [1.29, 1.82) is 0 Å². The summed E-state index contributed by atoms with van der Waals surface area (Å²) < 4.78 is 10.6. The minimum absolute atomic E-state index is 0.485. The summed E-state index contributed by atoms with van der Waals surface area (Å²) in [5.41, 5.74) is 0.972. The zero-order chi connectivity index (χ0) is 11.8. The van der Waals surface area contributed by atoms with E-state index in [0.717, 1.165) is 5.56 Å². The molecular formula is C12H19NO3. The number of aliphatic hydroxyl groups is 1. The molecule has 0 aliphatic carbocycles. The van der Waals surface area contributed by atoms with Crippen LogP contribution >= 0.6 is 0 Å². The molecule has 4 heteroatoms. The van der Waals surface area contributed by atoms with Gasteiger partial charge in [-0.25, -0.2) is 0 Å². The molecule has 0 amide bonds. The fourth-order valence-electron chi connectivity index (χ4n) is 1.46. The summed E-state index contributed by atoms with van der Waals surface area (Å²) in [6.07, 6.45) is 2.70. The van der Waals surface area contributed by atoms with Crippen molar-refractivity contribution in [3.8, 4) is 0 Å². The average Bonchev–Trinajstić information content (AvgIpc) is 2.30. The van der Waals surface area contributed by atoms with Gasteiger partial charge in [0.2, 0.25) is 0 Å². The Kier molecular flexibility index (Phi) is 6.00. The molecule has 0 radical (unpaired) electrons. The van der Waals surface area contributed by atoms with Gasteiger partial charge in [-0.15, -0.1) is 0 Å². The van der Waals surface area contributed by atoms with Crippen LogP contribution in [0.5, 0.6) is 0 Å². The summed E-state index contributed by atoms with van der Waals surface area (Å²) in [4.78, 5) is 4.00.